The number of hydrogen-bond donors (Lipinski definition) is 1. The van der Waals surface area contributed by atoms with Crippen molar-refractivity contribution in [1.82, 2.24) is 0 Å². The Morgan fingerprint density at radius 1 is 1.05 bits per heavy atom. The Morgan fingerprint density at radius 2 is 1.71 bits per heavy atom. The fraction of sp³-hybridized carbons (Fsp3) is 0.0588. The van der Waals surface area contributed by atoms with Crippen molar-refractivity contribution >= 4 is 18.3 Å². The number of nitrogens with zero attached hydrogens (tertiary/aromatic N) is 1. The molecule has 2 rings (SSSR count). The van der Waals surface area contributed by atoms with Gasteiger partial charge in [-0.1, -0.05) is 30.3 Å². The van der Waals surface area contributed by atoms with Gasteiger partial charge in [0.05, 0.1) is 7.11 Å². The largest absolute Gasteiger partial charge is 0.497 e. The third-order valence-electron chi connectivity index (χ3n) is 2.79. The van der Waals surface area contributed by atoms with Crippen LogP contribution in [0.2, 0.25) is 0 Å². The molecule has 4 heteroatoms. The number of carboxylic acids is 1. The average molecular weight is 281 g/mol. The van der Waals surface area contributed by atoms with E-state index in [1.807, 2.05) is 42.5 Å². The molecule has 0 aliphatic carbocycles. The first-order valence-corrected chi connectivity index (χ1v) is 6.37. The van der Waals surface area contributed by atoms with E-state index in [-0.39, 0.29) is 5.70 Å². The third kappa shape index (κ3) is 4.31. The predicted molar refractivity (Wildman–Crippen MR) is 82.6 cm³/mol. The normalized spacial score (nSPS) is 11.6. The van der Waals surface area contributed by atoms with E-state index in [0.29, 0.717) is 0 Å². The van der Waals surface area contributed by atoms with E-state index in [0.717, 1.165) is 16.9 Å². The molecule has 2 aromatic rings. The smallest absolute Gasteiger partial charge is 0.354 e. The van der Waals surface area contributed by atoms with Gasteiger partial charge in [0.25, 0.3) is 0 Å². The van der Waals surface area contributed by atoms with E-state index in [2.05, 4.69) is 4.99 Å². The van der Waals surface area contributed by atoms with Crippen LogP contribution in [-0.2, 0) is 4.79 Å². The van der Waals surface area contributed by atoms with Crippen molar-refractivity contribution in [2.24, 2.45) is 4.99 Å². The van der Waals surface area contributed by atoms with Crippen LogP contribution >= 0.6 is 0 Å². The van der Waals surface area contributed by atoms with Gasteiger partial charge in [-0.3, -0.25) is 0 Å². The van der Waals surface area contributed by atoms with Crippen molar-refractivity contribution in [3.05, 3.63) is 71.4 Å². The number of methoxy groups -OCH3 is 1. The Hall–Kier alpha value is -2.88. The molecule has 0 aliphatic heterocycles. The van der Waals surface area contributed by atoms with Crippen LogP contribution in [-0.4, -0.2) is 24.4 Å². The van der Waals surface area contributed by atoms with Gasteiger partial charge >= 0.3 is 5.97 Å². The molecule has 0 spiro atoms. The van der Waals surface area contributed by atoms with Crippen molar-refractivity contribution < 1.29 is 14.6 Å². The number of aliphatic imine (C=N–C) groups is 1. The molecule has 0 aromatic heterocycles. The van der Waals surface area contributed by atoms with Gasteiger partial charge in [-0.2, -0.15) is 0 Å². The highest BCUT2D eigenvalue weighted by Gasteiger charge is 2.04. The summed E-state index contributed by atoms with van der Waals surface area (Å²) >= 11 is 0. The topological polar surface area (TPSA) is 58.9 Å². The van der Waals surface area contributed by atoms with Crippen molar-refractivity contribution in [3.8, 4) is 5.75 Å². The average Bonchev–Trinajstić information content (AvgIpc) is 2.52. The van der Waals surface area contributed by atoms with Gasteiger partial charge in [-0.05, 0) is 41.5 Å². The van der Waals surface area contributed by atoms with E-state index < -0.39 is 5.97 Å². The van der Waals surface area contributed by atoms with Gasteiger partial charge in [0.2, 0.25) is 0 Å². The number of ether oxygens (including phenoxy) is 1. The molecule has 0 saturated heterocycles. The highest BCUT2D eigenvalue weighted by atomic mass is 16.5. The molecule has 0 bridgehead atoms. The lowest BCUT2D eigenvalue weighted by atomic mass is 10.2. The van der Waals surface area contributed by atoms with Crippen molar-refractivity contribution in [2.45, 2.75) is 0 Å². The zero-order valence-electron chi connectivity index (χ0n) is 11.6. The maximum absolute atomic E-state index is 11.2. The molecule has 0 radical (unpaired) electrons. The van der Waals surface area contributed by atoms with Gasteiger partial charge in [0.15, 0.2) is 0 Å². The Kier molecular flexibility index (Phi) is 4.88. The molecule has 0 amide bonds. The summed E-state index contributed by atoms with van der Waals surface area (Å²) in [7, 11) is 1.59. The van der Waals surface area contributed by atoms with E-state index in [4.69, 9.17) is 4.74 Å². The summed E-state index contributed by atoms with van der Waals surface area (Å²) in [5.41, 5.74) is 1.58. The van der Waals surface area contributed by atoms with Crippen molar-refractivity contribution in [3.63, 3.8) is 0 Å². The summed E-state index contributed by atoms with van der Waals surface area (Å²) in [6.07, 6.45) is 3.05. The zero-order chi connectivity index (χ0) is 15.1. The van der Waals surface area contributed by atoms with Crippen LogP contribution in [0.4, 0.5) is 0 Å². The number of carboxylic acid groups (broad SMARTS) is 1. The van der Waals surface area contributed by atoms with E-state index >= 15 is 0 Å². The molecular formula is C17H15NO3. The van der Waals surface area contributed by atoms with Crippen LogP contribution in [0.15, 0.2) is 65.3 Å². The standard InChI is InChI=1S/C17H15NO3/c1-21-15-9-7-14(8-10-15)12-18-16(17(19)20)11-13-5-3-2-4-6-13/h2-12H,1H3,(H,19,20). The summed E-state index contributed by atoms with van der Waals surface area (Å²) in [5, 5.41) is 9.19. The molecule has 0 atom stereocenters. The lowest BCUT2D eigenvalue weighted by molar-refractivity contribution is -0.132. The van der Waals surface area contributed by atoms with Gasteiger partial charge in [0, 0.05) is 6.21 Å². The van der Waals surface area contributed by atoms with E-state index in [1.165, 1.54) is 12.3 Å². The molecule has 21 heavy (non-hydrogen) atoms. The molecule has 0 heterocycles. The zero-order valence-corrected chi connectivity index (χ0v) is 11.6. The summed E-state index contributed by atoms with van der Waals surface area (Å²) in [5.74, 6) is -0.325. The molecule has 0 saturated carbocycles. The monoisotopic (exact) mass is 281 g/mol. The number of hydrogen-bond acceptors (Lipinski definition) is 3. The first kappa shape index (κ1) is 14.5. The maximum atomic E-state index is 11.2. The summed E-state index contributed by atoms with van der Waals surface area (Å²) < 4.78 is 5.06. The quantitative estimate of drug-likeness (QED) is 0.676. The van der Waals surface area contributed by atoms with Crippen LogP contribution in [0.25, 0.3) is 6.08 Å². The van der Waals surface area contributed by atoms with Crippen LogP contribution in [0.3, 0.4) is 0 Å². The fourth-order valence-electron chi connectivity index (χ4n) is 1.70. The summed E-state index contributed by atoms with van der Waals surface area (Å²) in [6, 6.07) is 16.4. The molecule has 4 nitrogen and oxygen atoms in total. The second kappa shape index (κ2) is 7.05. The highest BCUT2D eigenvalue weighted by molar-refractivity contribution is 5.95. The fourth-order valence-corrected chi connectivity index (χ4v) is 1.70. The third-order valence-corrected chi connectivity index (χ3v) is 2.79. The Labute approximate surface area is 123 Å². The number of rotatable bonds is 5. The first-order chi connectivity index (χ1) is 10.2. The Balaban J connectivity index is 2.21. The highest BCUT2D eigenvalue weighted by Crippen LogP contribution is 2.11. The van der Waals surface area contributed by atoms with Crippen LogP contribution in [0, 0.1) is 0 Å². The molecule has 0 unspecified atom stereocenters. The van der Waals surface area contributed by atoms with Crippen LogP contribution in [0.1, 0.15) is 11.1 Å². The van der Waals surface area contributed by atoms with Crippen LogP contribution < -0.4 is 4.74 Å². The Bertz CT molecular complexity index is 658. The molecule has 2 aromatic carbocycles. The first-order valence-electron chi connectivity index (χ1n) is 6.37. The lowest BCUT2D eigenvalue weighted by Gasteiger charge is -1.99. The summed E-state index contributed by atoms with van der Waals surface area (Å²) in [6.45, 7) is 0. The second-order valence-electron chi connectivity index (χ2n) is 4.28. The minimum atomic E-state index is -1.07. The lowest BCUT2D eigenvalue weighted by Crippen LogP contribution is -1.98. The molecule has 1 N–H and O–H groups in total. The molecule has 0 fully saturated rings. The van der Waals surface area contributed by atoms with Gasteiger partial charge < -0.3 is 9.84 Å². The molecular weight excluding hydrogens is 266 g/mol. The van der Waals surface area contributed by atoms with Crippen molar-refractivity contribution in [1.29, 1.82) is 0 Å². The number of carbonyl (C=O) groups is 1. The van der Waals surface area contributed by atoms with Crippen molar-refractivity contribution in [2.75, 3.05) is 7.11 Å². The summed E-state index contributed by atoms with van der Waals surface area (Å²) in [4.78, 5) is 15.3. The SMILES string of the molecule is COc1ccc(C=NC(=Cc2ccccc2)C(=O)O)cc1. The van der Waals surface area contributed by atoms with Gasteiger partial charge in [-0.15, -0.1) is 0 Å². The second-order valence-corrected chi connectivity index (χ2v) is 4.28. The minimum Gasteiger partial charge on any atom is -0.497 e. The van der Waals surface area contributed by atoms with E-state index in [1.54, 1.807) is 19.2 Å². The predicted octanol–water partition coefficient (Wildman–Crippen LogP) is 3.24. The van der Waals surface area contributed by atoms with Gasteiger partial charge in [0.1, 0.15) is 11.4 Å². The molecule has 106 valence electrons. The molecule has 0 aliphatic rings. The maximum Gasteiger partial charge on any atom is 0.354 e. The Morgan fingerprint density at radius 3 is 2.29 bits per heavy atom. The number of aliphatic carboxylic acids is 1. The van der Waals surface area contributed by atoms with Gasteiger partial charge in [-0.25, -0.2) is 9.79 Å². The van der Waals surface area contributed by atoms with Crippen LogP contribution in [0.5, 0.6) is 5.75 Å². The van der Waals surface area contributed by atoms with E-state index in [9.17, 15) is 9.90 Å². The minimum absolute atomic E-state index is 0.0166. The number of benzene rings is 2.